The van der Waals surface area contributed by atoms with Crippen LogP contribution in [0.5, 0.6) is 5.88 Å². The maximum atomic E-state index is 10.9. The number of nitrogens with zero attached hydrogens (tertiary/aromatic N) is 4. The Kier molecular flexibility index (Phi) is 3.95. The fourth-order valence-corrected chi connectivity index (χ4v) is 1.20. The van der Waals surface area contributed by atoms with Crippen molar-refractivity contribution in [2.75, 3.05) is 32.2 Å². The SMILES string of the molecule is COc1ncnc(N(C)CCO)c1[N+](=O)[O-]. The predicted octanol–water partition coefficient (Wildman–Crippen LogP) is -0.178. The second-order valence-corrected chi connectivity index (χ2v) is 2.96. The lowest BCUT2D eigenvalue weighted by Crippen LogP contribution is -2.23. The Morgan fingerprint density at radius 2 is 2.31 bits per heavy atom. The minimum atomic E-state index is -0.609. The van der Waals surface area contributed by atoms with E-state index in [4.69, 9.17) is 9.84 Å². The zero-order chi connectivity index (χ0) is 12.1. The Morgan fingerprint density at radius 3 is 2.81 bits per heavy atom. The van der Waals surface area contributed by atoms with Gasteiger partial charge in [0, 0.05) is 13.6 Å². The van der Waals surface area contributed by atoms with E-state index in [1.807, 2.05) is 0 Å². The van der Waals surface area contributed by atoms with Crippen molar-refractivity contribution in [2.24, 2.45) is 0 Å². The fraction of sp³-hybridized carbons (Fsp3) is 0.500. The Morgan fingerprint density at radius 1 is 1.62 bits per heavy atom. The van der Waals surface area contributed by atoms with Crippen molar-refractivity contribution in [1.82, 2.24) is 9.97 Å². The summed E-state index contributed by atoms with van der Waals surface area (Å²) in [5.74, 6) is 0.0192. The van der Waals surface area contributed by atoms with Crippen molar-refractivity contribution < 1.29 is 14.8 Å². The summed E-state index contributed by atoms with van der Waals surface area (Å²) in [5.41, 5.74) is -0.305. The number of anilines is 1. The van der Waals surface area contributed by atoms with Gasteiger partial charge in [0.2, 0.25) is 5.82 Å². The van der Waals surface area contributed by atoms with Gasteiger partial charge >= 0.3 is 5.69 Å². The van der Waals surface area contributed by atoms with Crippen molar-refractivity contribution in [3.8, 4) is 5.88 Å². The first kappa shape index (κ1) is 12.1. The van der Waals surface area contributed by atoms with E-state index in [1.54, 1.807) is 7.05 Å². The Hall–Kier alpha value is -1.96. The first-order chi connectivity index (χ1) is 7.61. The number of ether oxygens (including phenoxy) is 1. The van der Waals surface area contributed by atoms with Gasteiger partial charge in [0.05, 0.1) is 18.6 Å². The van der Waals surface area contributed by atoms with E-state index in [0.717, 1.165) is 0 Å². The molecule has 1 aromatic heterocycles. The monoisotopic (exact) mass is 228 g/mol. The average Bonchev–Trinajstić information content (AvgIpc) is 2.28. The summed E-state index contributed by atoms with van der Waals surface area (Å²) in [5, 5.41) is 19.6. The lowest BCUT2D eigenvalue weighted by atomic mass is 10.4. The smallest absolute Gasteiger partial charge is 0.372 e. The van der Waals surface area contributed by atoms with Crippen LogP contribution in [-0.4, -0.2) is 47.3 Å². The van der Waals surface area contributed by atoms with E-state index in [1.165, 1.54) is 18.3 Å². The average molecular weight is 228 g/mol. The van der Waals surface area contributed by atoms with E-state index >= 15 is 0 Å². The molecule has 0 aliphatic heterocycles. The zero-order valence-electron chi connectivity index (χ0n) is 8.95. The molecular formula is C8H12N4O4. The standard InChI is InChI=1S/C8H12N4O4/c1-11(3-4-13)7-6(12(14)15)8(16-2)10-5-9-7/h5,13H,3-4H2,1-2H3. The highest BCUT2D eigenvalue weighted by molar-refractivity contribution is 5.62. The molecule has 88 valence electrons. The fourth-order valence-electron chi connectivity index (χ4n) is 1.20. The third kappa shape index (κ3) is 2.34. The number of aromatic nitrogens is 2. The summed E-state index contributed by atoms with van der Waals surface area (Å²) in [6.45, 7) is 0.112. The van der Waals surface area contributed by atoms with Gasteiger partial charge in [-0.05, 0) is 0 Å². The van der Waals surface area contributed by atoms with Crippen LogP contribution < -0.4 is 9.64 Å². The van der Waals surface area contributed by atoms with Gasteiger partial charge in [0.15, 0.2) is 0 Å². The van der Waals surface area contributed by atoms with Crippen molar-refractivity contribution >= 4 is 11.5 Å². The number of likely N-dealkylation sites (N-methyl/N-ethyl adjacent to an activating group) is 1. The summed E-state index contributed by atoms with van der Waals surface area (Å²) in [4.78, 5) is 19.2. The summed E-state index contributed by atoms with van der Waals surface area (Å²) in [6, 6.07) is 0. The van der Waals surface area contributed by atoms with Crippen LogP contribution in [0.4, 0.5) is 11.5 Å². The molecule has 0 amide bonds. The van der Waals surface area contributed by atoms with E-state index < -0.39 is 4.92 Å². The van der Waals surface area contributed by atoms with Crippen LogP contribution in [0.15, 0.2) is 6.33 Å². The summed E-state index contributed by atoms with van der Waals surface area (Å²) < 4.78 is 4.79. The van der Waals surface area contributed by atoms with E-state index in [9.17, 15) is 10.1 Å². The Balaban J connectivity index is 3.21. The summed E-state index contributed by atoms with van der Waals surface area (Å²) >= 11 is 0. The lowest BCUT2D eigenvalue weighted by molar-refractivity contribution is -0.385. The molecule has 0 saturated heterocycles. The van der Waals surface area contributed by atoms with E-state index in [-0.39, 0.29) is 30.5 Å². The molecule has 1 N–H and O–H groups in total. The van der Waals surface area contributed by atoms with Crippen LogP contribution >= 0.6 is 0 Å². The second-order valence-electron chi connectivity index (χ2n) is 2.96. The van der Waals surface area contributed by atoms with Crippen LogP contribution in [-0.2, 0) is 0 Å². The van der Waals surface area contributed by atoms with E-state index in [2.05, 4.69) is 9.97 Å². The topological polar surface area (TPSA) is 102 Å². The van der Waals surface area contributed by atoms with Gasteiger partial charge in [-0.15, -0.1) is 0 Å². The quantitative estimate of drug-likeness (QED) is 0.551. The van der Waals surface area contributed by atoms with Crippen LogP contribution in [0.25, 0.3) is 0 Å². The molecule has 0 aliphatic carbocycles. The molecule has 0 spiro atoms. The van der Waals surface area contributed by atoms with Crippen molar-refractivity contribution in [2.45, 2.75) is 0 Å². The largest absolute Gasteiger partial charge is 0.476 e. The van der Waals surface area contributed by atoms with Gasteiger partial charge in [-0.25, -0.2) is 4.98 Å². The van der Waals surface area contributed by atoms with Crippen molar-refractivity contribution in [3.63, 3.8) is 0 Å². The second kappa shape index (κ2) is 5.21. The number of nitro groups is 1. The molecule has 8 heteroatoms. The Bertz CT molecular complexity index is 384. The van der Waals surface area contributed by atoms with E-state index in [0.29, 0.717) is 0 Å². The highest BCUT2D eigenvalue weighted by atomic mass is 16.6. The Labute approximate surface area is 91.7 Å². The van der Waals surface area contributed by atoms with Crippen LogP contribution in [0.3, 0.4) is 0 Å². The lowest BCUT2D eigenvalue weighted by Gasteiger charge is -2.16. The highest BCUT2D eigenvalue weighted by Crippen LogP contribution is 2.32. The van der Waals surface area contributed by atoms with Crippen LogP contribution in [0, 0.1) is 10.1 Å². The molecule has 0 atom stereocenters. The normalized spacial score (nSPS) is 9.94. The highest BCUT2D eigenvalue weighted by Gasteiger charge is 2.25. The maximum Gasteiger partial charge on any atom is 0.372 e. The molecule has 1 heterocycles. The molecule has 0 bridgehead atoms. The number of hydrogen-bond acceptors (Lipinski definition) is 7. The van der Waals surface area contributed by atoms with Gasteiger partial charge < -0.3 is 14.7 Å². The molecule has 0 unspecified atom stereocenters. The molecule has 0 aliphatic rings. The van der Waals surface area contributed by atoms with Crippen molar-refractivity contribution in [3.05, 3.63) is 16.4 Å². The van der Waals surface area contributed by atoms with Crippen LogP contribution in [0.2, 0.25) is 0 Å². The first-order valence-corrected chi connectivity index (χ1v) is 4.47. The van der Waals surface area contributed by atoms with Gasteiger partial charge in [-0.2, -0.15) is 4.98 Å². The molecular weight excluding hydrogens is 216 g/mol. The summed E-state index contributed by atoms with van der Waals surface area (Å²) in [7, 11) is 2.89. The minimum Gasteiger partial charge on any atom is -0.476 e. The van der Waals surface area contributed by atoms with Gasteiger partial charge in [-0.3, -0.25) is 10.1 Å². The van der Waals surface area contributed by atoms with Gasteiger partial charge in [0.25, 0.3) is 5.88 Å². The molecule has 0 saturated carbocycles. The molecule has 1 aromatic rings. The van der Waals surface area contributed by atoms with Crippen molar-refractivity contribution in [1.29, 1.82) is 0 Å². The molecule has 8 nitrogen and oxygen atoms in total. The number of aliphatic hydroxyl groups is 1. The van der Waals surface area contributed by atoms with Gasteiger partial charge in [-0.1, -0.05) is 0 Å². The molecule has 0 fully saturated rings. The summed E-state index contributed by atoms with van der Waals surface area (Å²) in [6.07, 6.45) is 1.18. The zero-order valence-corrected chi connectivity index (χ0v) is 8.95. The minimum absolute atomic E-state index is 0.0974. The van der Waals surface area contributed by atoms with Crippen LogP contribution in [0.1, 0.15) is 0 Å². The number of rotatable bonds is 5. The van der Waals surface area contributed by atoms with Gasteiger partial charge in [0.1, 0.15) is 6.33 Å². The third-order valence-corrected chi connectivity index (χ3v) is 1.94. The number of methoxy groups -OCH3 is 1. The first-order valence-electron chi connectivity index (χ1n) is 4.47. The molecule has 0 radical (unpaired) electrons. The third-order valence-electron chi connectivity index (χ3n) is 1.94. The maximum absolute atomic E-state index is 10.9. The molecule has 0 aromatic carbocycles. The molecule has 16 heavy (non-hydrogen) atoms. The number of hydrogen-bond donors (Lipinski definition) is 1. The number of aliphatic hydroxyl groups excluding tert-OH is 1. The predicted molar refractivity (Wildman–Crippen MR) is 55.6 cm³/mol. The molecule has 1 rings (SSSR count).